The SMILES string of the molecule is CC(=O)Nc1[nH]c(=O)ncc1[Si](C)(C)C. The number of anilines is 1. The summed E-state index contributed by atoms with van der Waals surface area (Å²) in [6.45, 7) is 7.77. The highest BCUT2D eigenvalue weighted by atomic mass is 28.3. The number of aromatic amines is 1. The van der Waals surface area contributed by atoms with Crippen LogP contribution in [0.25, 0.3) is 0 Å². The first-order valence-electron chi connectivity index (χ1n) is 4.68. The van der Waals surface area contributed by atoms with E-state index in [0.29, 0.717) is 5.82 Å². The van der Waals surface area contributed by atoms with Crippen molar-refractivity contribution in [1.29, 1.82) is 0 Å². The lowest BCUT2D eigenvalue weighted by atomic mass is 10.5. The fraction of sp³-hybridized carbons (Fsp3) is 0.444. The van der Waals surface area contributed by atoms with E-state index in [1.54, 1.807) is 6.20 Å². The van der Waals surface area contributed by atoms with Crippen molar-refractivity contribution >= 4 is 25.0 Å². The van der Waals surface area contributed by atoms with Crippen LogP contribution in [0.1, 0.15) is 6.92 Å². The molecule has 1 heterocycles. The summed E-state index contributed by atoms with van der Waals surface area (Å²) >= 11 is 0. The second-order valence-electron chi connectivity index (χ2n) is 4.41. The Morgan fingerprint density at radius 1 is 1.47 bits per heavy atom. The summed E-state index contributed by atoms with van der Waals surface area (Å²) < 4.78 is 0. The third-order valence-corrected chi connectivity index (χ3v) is 3.92. The summed E-state index contributed by atoms with van der Waals surface area (Å²) in [5.41, 5.74) is -0.444. The molecule has 0 saturated heterocycles. The van der Waals surface area contributed by atoms with Gasteiger partial charge in [-0.1, -0.05) is 19.6 Å². The van der Waals surface area contributed by atoms with E-state index >= 15 is 0 Å². The molecule has 1 aromatic heterocycles. The summed E-state index contributed by atoms with van der Waals surface area (Å²) in [5.74, 6) is 0.290. The molecule has 0 radical (unpaired) electrons. The molecule has 5 nitrogen and oxygen atoms in total. The van der Waals surface area contributed by atoms with Crippen molar-refractivity contribution in [3.8, 4) is 0 Å². The second kappa shape index (κ2) is 3.97. The van der Waals surface area contributed by atoms with E-state index < -0.39 is 13.8 Å². The number of hydrogen-bond donors (Lipinski definition) is 2. The number of nitrogens with one attached hydrogen (secondary N) is 2. The Morgan fingerprint density at radius 2 is 2.07 bits per heavy atom. The largest absolute Gasteiger partial charge is 0.346 e. The Bertz CT molecular complexity index is 434. The van der Waals surface area contributed by atoms with Crippen LogP contribution in [0.4, 0.5) is 5.82 Å². The number of H-pyrrole nitrogens is 1. The summed E-state index contributed by atoms with van der Waals surface area (Å²) in [6, 6.07) is 0. The van der Waals surface area contributed by atoms with Crippen LogP contribution in [0.15, 0.2) is 11.0 Å². The van der Waals surface area contributed by atoms with Crippen molar-refractivity contribution in [3.63, 3.8) is 0 Å². The molecule has 0 aliphatic carbocycles. The molecule has 0 aromatic carbocycles. The Kier molecular flexibility index (Phi) is 3.08. The molecular weight excluding hydrogens is 210 g/mol. The average Bonchev–Trinajstić information content (AvgIpc) is 1.99. The van der Waals surface area contributed by atoms with Crippen molar-refractivity contribution in [2.24, 2.45) is 0 Å². The second-order valence-corrected chi connectivity index (χ2v) is 9.45. The van der Waals surface area contributed by atoms with Crippen LogP contribution in [-0.4, -0.2) is 23.9 Å². The summed E-state index contributed by atoms with van der Waals surface area (Å²) in [6.07, 6.45) is 1.55. The maximum atomic E-state index is 11.0. The molecule has 0 saturated carbocycles. The lowest BCUT2D eigenvalue weighted by molar-refractivity contribution is -0.114. The first kappa shape index (κ1) is 11.6. The van der Waals surface area contributed by atoms with Crippen LogP contribution in [0.5, 0.6) is 0 Å². The van der Waals surface area contributed by atoms with E-state index in [0.717, 1.165) is 5.19 Å². The van der Waals surface area contributed by atoms with Crippen molar-refractivity contribution in [3.05, 3.63) is 16.7 Å². The lowest BCUT2D eigenvalue weighted by Crippen LogP contribution is -2.42. The van der Waals surface area contributed by atoms with E-state index in [-0.39, 0.29) is 5.91 Å². The Hall–Kier alpha value is -1.43. The van der Waals surface area contributed by atoms with Gasteiger partial charge in [-0.05, 0) is 5.19 Å². The van der Waals surface area contributed by atoms with E-state index in [9.17, 15) is 9.59 Å². The van der Waals surface area contributed by atoms with E-state index in [1.807, 2.05) is 0 Å². The molecule has 82 valence electrons. The highest BCUT2D eigenvalue weighted by molar-refractivity contribution is 6.89. The van der Waals surface area contributed by atoms with Gasteiger partial charge in [-0.15, -0.1) is 0 Å². The van der Waals surface area contributed by atoms with Crippen LogP contribution >= 0.6 is 0 Å². The number of aromatic nitrogens is 2. The molecule has 15 heavy (non-hydrogen) atoms. The van der Waals surface area contributed by atoms with Gasteiger partial charge in [-0.2, -0.15) is 0 Å². The maximum absolute atomic E-state index is 11.0. The summed E-state index contributed by atoms with van der Waals surface area (Å²) in [4.78, 5) is 28.2. The van der Waals surface area contributed by atoms with Gasteiger partial charge in [-0.25, -0.2) is 9.78 Å². The van der Waals surface area contributed by atoms with Crippen LogP contribution in [0, 0.1) is 0 Å². The lowest BCUT2D eigenvalue weighted by Gasteiger charge is -2.19. The fourth-order valence-corrected chi connectivity index (χ4v) is 2.56. The van der Waals surface area contributed by atoms with Crippen molar-refractivity contribution in [1.82, 2.24) is 9.97 Å². The van der Waals surface area contributed by atoms with Gasteiger partial charge in [0.25, 0.3) is 0 Å². The molecule has 0 aliphatic heterocycles. The number of nitrogens with zero attached hydrogens (tertiary/aromatic N) is 1. The first-order chi connectivity index (χ1) is 6.80. The molecule has 1 aromatic rings. The number of rotatable bonds is 2. The number of amides is 1. The standard InChI is InChI=1S/C9H15N3O2Si/c1-6(13)11-8-7(15(2,3)4)5-10-9(14)12-8/h5H,1-4H3,(H2,10,11,12,13,14). The zero-order valence-corrected chi connectivity index (χ0v) is 10.3. The topological polar surface area (TPSA) is 74.8 Å². The minimum atomic E-state index is -1.62. The molecule has 0 unspecified atom stereocenters. The van der Waals surface area contributed by atoms with Crippen LogP contribution in [-0.2, 0) is 4.79 Å². The van der Waals surface area contributed by atoms with Crippen LogP contribution in [0.2, 0.25) is 19.6 Å². The van der Waals surface area contributed by atoms with E-state index in [4.69, 9.17) is 0 Å². The van der Waals surface area contributed by atoms with Gasteiger partial charge >= 0.3 is 5.69 Å². The molecule has 0 atom stereocenters. The minimum Gasteiger partial charge on any atom is -0.312 e. The van der Waals surface area contributed by atoms with Gasteiger partial charge in [0.15, 0.2) is 0 Å². The molecular formula is C9H15N3O2Si. The van der Waals surface area contributed by atoms with Gasteiger partial charge in [0.1, 0.15) is 5.82 Å². The maximum Gasteiger partial charge on any atom is 0.346 e. The van der Waals surface area contributed by atoms with Gasteiger partial charge in [-0.3, -0.25) is 9.78 Å². The zero-order chi connectivity index (χ0) is 11.6. The van der Waals surface area contributed by atoms with E-state index in [1.165, 1.54) is 6.92 Å². The third-order valence-electron chi connectivity index (χ3n) is 1.92. The molecule has 0 spiro atoms. The molecule has 0 fully saturated rings. The zero-order valence-electron chi connectivity index (χ0n) is 9.34. The van der Waals surface area contributed by atoms with Crippen molar-refractivity contribution < 1.29 is 4.79 Å². The predicted molar refractivity (Wildman–Crippen MR) is 62.1 cm³/mol. The molecule has 1 rings (SSSR count). The monoisotopic (exact) mass is 225 g/mol. The Morgan fingerprint density at radius 3 is 2.53 bits per heavy atom. The van der Waals surface area contributed by atoms with Gasteiger partial charge < -0.3 is 5.32 Å². The first-order valence-corrected chi connectivity index (χ1v) is 8.18. The molecule has 2 N–H and O–H groups in total. The highest BCUT2D eigenvalue weighted by Crippen LogP contribution is 2.06. The fourth-order valence-electron chi connectivity index (χ4n) is 1.24. The summed E-state index contributed by atoms with van der Waals surface area (Å²) in [7, 11) is -1.62. The average molecular weight is 225 g/mol. The number of hydrogen-bond acceptors (Lipinski definition) is 3. The normalized spacial score (nSPS) is 11.2. The Balaban J connectivity index is 3.26. The van der Waals surface area contributed by atoms with Crippen LogP contribution in [0.3, 0.4) is 0 Å². The predicted octanol–water partition coefficient (Wildman–Crippen LogP) is 0.273. The smallest absolute Gasteiger partial charge is 0.312 e. The van der Waals surface area contributed by atoms with Crippen molar-refractivity contribution in [2.75, 3.05) is 5.32 Å². The molecule has 6 heteroatoms. The van der Waals surface area contributed by atoms with Gasteiger partial charge in [0, 0.05) is 13.1 Å². The molecule has 1 amide bonds. The minimum absolute atomic E-state index is 0.198. The third kappa shape index (κ3) is 3.02. The molecule has 0 aliphatic rings. The Labute approximate surface area is 88.9 Å². The van der Waals surface area contributed by atoms with Gasteiger partial charge in [0.05, 0.1) is 8.07 Å². The summed E-state index contributed by atoms with van der Waals surface area (Å²) in [5, 5.41) is 3.56. The number of carbonyl (C=O) groups is 1. The molecule has 0 bridgehead atoms. The van der Waals surface area contributed by atoms with Gasteiger partial charge in [0.2, 0.25) is 5.91 Å². The van der Waals surface area contributed by atoms with Crippen LogP contribution < -0.4 is 16.2 Å². The number of carbonyl (C=O) groups excluding carboxylic acids is 1. The quantitative estimate of drug-likeness (QED) is 0.710. The van der Waals surface area contributed by atoms with E-state index in [2.05, 4.69) is 34.9 Å². The highest BCUT2D eigenvalue weighted by Gasteiger charge is 2.21. The van der Waals surface area contributed by atoms with Crippen molar-refractivity contribution in [2.45, 2.75) is 26.6 Å².